The van der Waals surface area contributed by atoms with Crippen molar-refractivity contribution in [3.63, 3.8) is 0 Å². The first-order valence-corrected chi connectivity index (χ1v) is 8.20. The van der Waals surface area contributed by atoms with Crippen LogP contribution < -0.4 is 5.32 Å². The molecule has 0 aliphatic heterocycles. The van der Waals surface area contributed by atoms with Gasteiger partial charge in [0.2, 0.25) is 0 Å². The highest BCUT2D eigenvalue weighted by molar-refractivity contribution is 14.1. The van der Waals surface area contributed by atoms with E-state index in [2.05, 4.69) is 49.8 Å². The van der Waals surface area contributed by atoms with Crippen LogP contribution in [0.25, 0.3) is 11.5 Å². The van der Waals surface area contributed by atoms with Crippen molar-refractivity contribution in [2.45, 2.75) is 32.1 Å². The molecule has 0 bridgehead atoms. The molecular weight excluding hydrogens is 382 g/mol. The summed E-state index contributed by atoms with van der Waals surface area (Å²) in [7, 11) is 0. The maximum absolute atomic E-state index is 13.0. The Labute approximate surface area is 136 Å². The van der Waals surface area contributed by atoms with Gasteiger partial charge in [0, 0.05) is 12.5 Å². The summed E-state index contributed by atoms with van der Waals surface area (Å²) < 4.78 is 14.1. The summed E-state index contributed by atoms with van der Waals surface area (Å²) in [4.78, 5) is 13.3. The van der Waals surface area contributed by atoms with Crippen LogP contribution in [0.3, 0.4) is 0 Å². The number of anilines is 1. The van der Waals surface area contributed by atoms with Gasteiger partial charge in [-0.05, 0) is 54.0 Å². The first-order valence-electron chi connectivity index (χ1n) is 7.12. The van der Waals surface area contributed by atoms with E-state index in [9.17, 15) is 4.39 Å². The van der Waals surface area contributed by atoms with Gasteiger partial charge in [-0.2, -0.15) is 0 Å². The van der Waals surface area contributed by atoms with E-state index in [1.807, 2.05) is 0 Å². The molecule has 110 valence electrons. The third kappa shape index (κ3) is 3.30. The molecular formula is C15H16FIN4. The van der Waals surface area contributed by atoms with Crippen molar-refractivity contribution < 1.29 is 4.39 Å². The zero-order valence-electron chi connectivity index (χ0n) is 11.7. The van der Waals surface area contributed by atoms with E-state index in [1.165, 1.54) is 25.1 Å². The smallest absolute Gasteiger partial charge is 0.180 e. The van der Waals surface area contributed by atoms with Gasteiger partial charge >= 0.3 is 0 Å². The minimum Gasteiger partial charge on any atom is -0.369 e. The van der Waals surface area contributed by atoms with E-state index in [1.54, 1.807) is 6.07 Å². The predicted octanol–water partition coefficient (Wildman–Crippen LogP) is 3.98. The van der Waals surface area contributed by atoms with Crippen LogP contribution in [-0.4, -0.2) is 21.5 Å². The second-order valence-electron chi connectivity index (χ2n) is 5.16. The number of nitrogens with zero attached hydrogens (tertiary/aromatic N) is 3. The van der Waals surface area contributed by atoms with Crippen molar-refractivity contribution in [1.82, 2.24) is 15.0 Å². The lowest BCUT2D eigenvalue weighted by molar-refractivity contribution is 0.621. The number of hydrogen-bond donors (Lipinski definition) is 1. The summed E-state index contributed by atoms with van der Waals surface area (Å²) in [6.07, 6.45) is 4.59. The molecule has 0 saturated heterocycles. The van der Waals surface area contributed by atoms with Crippen LogP contribution in [0.2, 0.25) is 0 Å². The third-order valence-electron chi connectivity index (χ3n) is 3.34. The Morgan fingerprint density at radius 3 is 2.76 bits per heavy atom. The Morgan fingerprint density at radius 1 is 1.33 bits per heavy atom. The summed E-state index contributed by atoms with van der Waals surface area (Å²) in [5.74, 6) is 1.60. The molecule has 2 aromatic rings. The number of halogens is 2. The van der Waals surface area contributed by atoms with Crippen molar-refractivity contribution in [3.05, 3.63) is 33.4 Å². The van der Waals surface area contributed by atoms with Gasteiger partial charge in [0.1, 0.15) is 17.3 Å². The molecule has 0 radical (unpaired) electrons. The molecule has 0 spiro atoms. The summed E-state index contributed by atoms with van der Waals surface area (Å²) in [6.45, 7) is 2.98. The molecule has 1 fully saturated rings. The van der Waals surface area contributed by atoms with E-state index in [0.29, 0.717) is 17.4 Å². The quantitative estimate of drug-likeness (QED) is 0.775. The summed E-state index contributed by atoms with van der Waals surface area (Å²) in [5.41, 5.74) is 1.69. The maximum Gasteiger partial charge on any atom is 0.180 e. The Kier molecular flexibility index (Phi) is 4.32. The highest BCUT2D eigenvalue weighted by Gasteiger charge is 2.29. The SMILES string of the molecule is CCCNc1nc(-c2ccc(F)cn2)nc(C2CC2)c1I. The van der Waals surface area contributed by atoms with Crippen LogP contribution >= 0.6 is 22.6 Å². The average Bonchev–Trinajstić information content (AvgIpc) is 3.32. The Morgan fingerprint density at radius 2 is 2.14 bits per heavy atom. The highest BCUT2D eigenvalue weighted by atomic mass is 127. The van der Waals surface area contributed by atoms with E-state index in [4.69, 9.17) is 0 Å². The molecule has 3 rings (SSSR count). The molecule has 2 heterocycles. The second-order valence-corrected chi connectivity index (χ2v) is 6.24. The minimum absolute atomic E-state index is 0.351. The number of rotatable bonds is 5. The molecule has 6 heteroatoms. The predicted molar refractivity (Wildman–Crippen MR) is 88.7 cm³/mol. The molecule has 1 aliphatic carbocycles. The largest absolute Gasteiger partial charge is 0.369 e. The lowest BCUT2D eigenvalue weighted by atomic mass is 10.2. The van der Waals surface area contributed by atoms with Crippen molar-refractivity contribution in [2.75, 3.05) is 11.9 Å². The van der Waals surface area contributed by atoms with E-state index >= 15 is 0 Å². The van der Waals surface area contributed by atoms with Crippen LogP contribution in [0.4, 0.5) is 10.2 Å². The van der Waals surface area contributed by atoms with Crippen molar-refractivity contribution in [2.24, 2.45) is 0 Å². The van der Waals surface area contributed by atoms with Crippen LogP contribution in [0, 0.1) is 9.39 Å². The molecule has 1 aliphatic rings. The molecule has 1 N–H and O–H groups in total. The molecule has 0 unspecified atom stereocenters. The van der Waals surface area contributed by atoms with Crippen molar-refractivity contribution in [3.8, 4) is 11.5 Å². The lowest BCUT2D eigenvalue weighted by Crippen LogP contribution is -2.09. The summed E-state index contributed by atoms with van der Waals surface area (Å²) in [6, 6.07) is 3.01. The monoisotopic (exact) mass is 398 g/mol. The Balaban J connectivity index is 2.03. The van der Waals surface area contributed by atoms with Crippen LogP contribution in [0.15, 0.2) is 18.3 Å². The van der Waals surface area contributed by atoms with E-state index < -0.39 is 0 Å². The molecule has 0 amide bonds. The molecule has 1 saturated carbocycles. The maximum atomic E-state index is 13.0. The lowest BCUT2D eigenvalue weighted by Gasteiger charge is -2.12. The third-order valence-corrected chi connectivity index (χ3v) is 4.40. The van der Waals surface area contributed by atoms with Gasteiger partial charge in [0.25, 0.3) is 0 Å². The zero-order valence-corrected chi connectivity index (χ0v) is 13.9. The van der Waals surface area contributed by atoms with Gasteiger partial charge in [0.15, 0.2) is 5.82 Å². The van der Waals surface area contributed by atoms with Gasteiger partial charge in [0.05, 0.1) is 15.5 Å². The Bertz CT molecular complexity index is 641. The van der Waals surface area contributed by atoms with Gasteiger partial charge in [-0.25, -0.2) is 19.3 Å². The molecule has 21 heavy (non-hydrogen) atoms. The zero-order chi connectivity index (χ0) is 14.8. The number of nitrogens with one attached hydrogen (secondary N) is 1. The minimum atomic E-state index is -0.351. The topological polar surface area (TPSA) is 50.7 Å². The number of hydrogen-bond acceptors (Lipinski definition) is 4. The Hall–Kier alpha value is -1.31. The number of aromatic nitrogens is 3. The summed E-state index contributed by atoms with van der Waals surface area (Å²) in [5, 5.41) is 3.35. The van der Waals surface area contributed by atoms with Gasteiger partial charge in [-0.1, -0.05) is 6.92 Å². The molecule has 0 atom stereocenters. The van der Waals surface area contributed by atoms with Gasteiger partial charge in [-0.3, -0.25) is 0 Å². The highest BCUT2D eigenvalue weighted by Crippen LogP contribution is 2.42. The van der Waals surface area contributed by atoms with Crippen LogP contribution in [-0.2, 0) is 0 Å². The fraction of sp³-hybridized carbons (Fsp3) is 0.400. The standard InChI is InChI=1S/C15H16FIN4/c1-2-7-18-15-12(17)13(9-3-4-9)20-14(21-15)11-6-5-10(16)8-19-11/h5-6,8-9H,2-4,7H2,1H3,(H,18,20,21). The van der Waals surface area contributed by atoms with E-state index in [0.717, 1.165) is 28.0 Å². The van der Waals surface area contributed by atoms with E-state index in [-0.39, 0.29) is 5.82 Å². The van der Waals surface area contributed by atoms with Crippen LogP contribution in [0.1, 0.15) is 37.8 Å². The second kappa shape index (κ2) is 6.21. The van der Waals surface area contributed by atoms with Crippen molar-refractivity contribution in [1.29, 1.82) is 0 Å². The fourth-order valence-corrected chi connectivity index (χ4v) is 2.95. The first kappa shape index (κ1) is 14.6. The normalized spacial score (nSPS) is 14.2. The molecule has 2 aromatic heterocycles. The first-order chi connectivity index (χ1) is 10.2. The fourth-order valence-electron chi connectivity index (χ4n) is 2.07. The van der Waals surface area contributed by atoms with Gasteiger partial charge in [-0.15, -0.1) is 0 Å². The van der Waals surface area contributed by atoms with Gasteiger partial charge < -0.3 is 5.32 Å². The number of pyridine rings is 1. The van der Waals surface area contributed by atoms with Crippen LogP contribution in [0.5, 0.6) is 0 Å². The van der Waals surface area contributed by atoms with Crippen molar-refractivity contribution >= 4 is 28.4 Å². The summed E-state index contributed by atoms with van der Waals surface area (Å²) >= 11 is 2.31. The molecule has 0 aromatic carbocycles. The molecule has 4 nitrogen and oxygen atoms in total. The average molecular weight is 398 g/mol.